The van der Waals surface area contributed by atoms with E-state index < -0.39 is 23.9 Å². The molecule has 3 fully saturated rings. The van der Waals surface area contributed by atoms with E-state index in [0.717, 1.165) is 69.7 Å². The van der Waals surface area contributed by atoms with Crippen LogP contribution in [0.15, 0.2) is 42.6 Å². The predicted octanol–water partition coefficient (Wildman–Crippen LogP) is 4.17. The van der Waals surface area contributed by atoms with Crippen LogP contribution >= 0.6 is 0 Å². The van der Waals surface area contributed by atoms with Crippen molar-refractivity contribution in [1.29, 1.82) is 0 Å². The van der Waals surface area contributed by atoms with Crippen LogP contribution in [0.5, 0.6) is 0 Å². The minimum atomic E-state index is -4.56. The van der Waals surface area contributed by atoms with Crippen LogP contribution in [0.1, 0.15) is 43.4 Å². The van der Waals surface area contributed by atoms with Crippen molar-refractivity contribution in [2.45, 2.75) is 49.7 Å². The van der Waals surface area contributed by atoms with Gasteiger partial charge in [0, 0.05) is 37.3 Å². The van der Waals surface area contributed by atoms with Gasteiger partial charge in [-0.15, -0.1) is 0 Å². The highest BCUT2D eigenvalue weighted by Gasteiger charge is 2.40. The normalized spacial score (nSPS) is 22.0. The average molecular weight is 532 g/mol. The number of urea groups is 1. The van der Waals surface area contributed by atoms with Gasteiger partial charge in [0.1, 0.15) is 11.7 Å². The fraction of sp³-hybridized carbons (Fsp3) is 0.519. The van der Waals surface area contributed by atoms with E-state index in [1.165, 1.54) is 12.0 Å². The Kier molecular flexibility index (Phi) is 7.58. The number of benzene rings is 1. The number of aromatic nitrogens is 1. The Morgan fingerprint density at radius 1 is 1.05 bits per heavy atom. The molecule has 1 atom stereocenters. The molecule has 38 heavy (non-hydrogen) atoms. The lowest BCUT2D eigenvalue weighted by molar-refractivity contribution is -0.141. The van der Waals surface area contributed by atoms with Gasteiger partial charge in [-0.25, -0.2) is 9.78 Å². The van der Waals surface area contributed by atoms with Crippen LogP contribution in [0.4, 0.5) is 29.3 Å². The van der Waals surface area contributed by atoms with Crippen LogP contribution in [0.25, 0.3) is 0 Å². The van der Waals surface area contributed by atoms with Gasteiger partial charge in [0.25, 0.3) is 0 Å². The molecule has 1 aliphatic carbocycles. The number of nitrogens with one attached hydrogen (secondary N) is 2. The van der Waals surface area contributed by atoms with E-state index in [4.69, 9.17) is 4.74 Å². The molecule has 2 aromatic rings. The van der Waals surface area contributed by atoms with Gasteiger partial charge in [-0.05, 0) is 55.5 Å². The van der Waals surface area contributed by atoms with Gasteiger partial charge in [-0.2, -0.15) is 13.2 Å². The van der Waals surface area contributed by atoms with Crippen LogP contribution < -0.4 is 15.5 Å². The molecule has 0 radical (unpaired) electrons. The number of halogens is 3. The summed E-state index contributed by atoms with van der Waals surface area (Å²) in [6.45, 7) is 5.05. The number of hydrogen-bond acceptors (Lipinski definition) is 5. The molecule has 2 saturated heterocycles. The summed E-state index contributed by atoms with van der Waals surface area (Å²) >= 11 is 0. The van der Waals surface area contributed by atoms with E-state index >= 15 is 0 Å². The molecule has 5 rings (SSSR count). The quantitative estimate of drug-likeness (QED) is 0.585. The average Bonchev–Trinajstić information content (AvgIpc) is 2.88. The third-order valence-electron chi connectivity index (χ3n) is 7.79. The lowest BCUT2D eigenvalue weighted by Gasteiger charge is -2.46. The third-order valence-corrected chi connectivity index (χ3v) is 7.79. The van der Waals surface area contributed by atoms with Gasteiger partial charge < -0.3 is 20.3 Å². The van der Waals surface area contributed by atoms with E-state index in [9.17, 15) is 22.8 Å². The van der Waals surface area contributed by atoms with Gasteiger partial charge >= 0.3 is 12.2 Å². The molecular formula is C27H32F3N5O3. The molecule has 0 bridgehead atoms. The molecule has 11 heteroatoms. The molecule has 0 unspecified atom stereocenters. The zero-order valence-electron chi connectivity index (χ0n) is 21.1. The van der Waals surface area contributed by atoms with Crippen molar-refractivity contribution in [2.24, 2.45) is 0 Å². The first-order chi connectivity index (χ1) is 18.2. The van der Waals surface area contributed by atoms with Crippen molar-refractivity contribution >= 4 is 23.3 Å². The van der Waals surface area contributed by atoms with E-state index in [0.29, 0.717) is 19.4 Å². The summed E-state index contributed by atoms with van der Waals surface area (Å²) in [7, 11) is 0. The first-order valence-electron chi connectivity index (χ1n) is 13.1. The summed E-state index contributed by atoms with van der Waals surface area (Å²) < 4.78 is 43.6. The number of morpholine rings is 1. The Hall–Kier alpha value is -3.18. The molecular weight excluding hydrogens is 499 g/mol. The molecule has 1 aromatic carbocycles. The van der Waals surface area contributed by atoms with Gasteiger partial charge in [0.2, 0.25) is 5.91 Å². The van der Waals surface area contributed by atoms with Crippen molar-refractivity contribution in [1.82, 2.24) is 15.2 Å². The summed E-state index contributed by atoms with van der Waals surface area (Å²) in [6.07, 6.45) is 1.10. The molecule has 1 saturated carbocycles. The number of anilines is 2. The number of piperidine rings is 1. The lowest BCUT2D eigenvalue weighted by Crippen LogP contribution is -2.53. The standard InChI is InChI=1S/C27H32F3N5O3/c28-27(29,30)23-9-6-20(17-31-23)32-25(37)33-22-3-1-12-35(24(22)36)21-7-4-19(5-8-21)26(10-2-11-26)18-34-13-15-38-16-14-34/h4-9,17,22H,1-3,10-16,18H2,(H2,32,33,37)/t22-/m0/s1. The van der Waals surface area contributed by atoms with Gasteiger partial charge in [0.05, 0.1) is 25.1 Å². The number of rotatable bonds is 6. The van der Waals surface area contributed by atoms with Crippen molar-refractivity contribution in [3.63, 3.8) is 0 Å². The maximum Gasteiger partial charge on any atom is 0.433 e. The van der Waals surface area contributed by atoms with E-state index in [-0.39, 0.29) is 17.0 Å². The molecule has 2 aliphatic heterocycles. The molecule has 3 amide bonds. The number of hydrogen-bond donors (Lipinski definition) is 2. The molecule has 2 N–H and O–H groups in total. The summed E-state index contributed by atoms with van der Waals surface area (Å²) in [5, 5.41) is 5.11. The number of nitrogens with zero attached hydrogens (tertiary/aromatic N) is 3. The van der Waals surface area contributed by atoms with E-state index in [1.807, 2.05) is 12.1 Å². The first kappa shape index (κ1) is 26.4. The van der Waals surface area contributed by atoms with Crippen molar-refractivity contribution < 1.29 is 27.5 Å². The van der Waals surface area contributed by atoms with Crippen LogP contribution in [0, 0.1) is 0 Å². The van der Waals surface area contributed by atoms with Gasteiger partial charge in [-0.3, -0.25) is 9.69 Å². The van der Waals surface area contributed by atoms with Gasteiger partial charge in [-0.1, -0.05) is 18.6 Å². The van der Waals surface area contributed by atoms with Crippen molar-refractivity contribution in [3.05, 3.63) is 53.9 Å². The third kappa shape index (κ3) is 5.78. The lowest BCUT2D eigenvalue weighted by atomic mass is 9.64. The number of ether oxygens (including phenoxy) is 1. The monoisotopic (exact) mass is 531 g/mol. The molecule has 1 aromatic heterocycles. The van der Waals surface area contributed by atoms with Crippen LogP contribution in [-0.2, 0) is 21.1 Å². The minimum absolute atomic E-state index is 0.105. The van der Waals surface area contributed by atoms with Crippen LogP contribution in [0.3, 0.4) is 0 Å². The summed E-state index contributed by atoms with van der Waals surface area (Å²) in [4.78, 5) is 33.2. The van der Waals surface area contributed by atoms with E-state index in [1.54, 1.807) is 4.90 Å². The summed E-state index contributed by atoms with van der Waals surface area (Å²) in [5.74, 6) is -0.212. The summed E-state index contributed by atoms with van der Waals surface area (Å²) in [5.41, 5.74) is 1.29. The second-order valence-electron chi connectivity index (χ2n) is 10.3. The van der Waals surface area contributed by atoms with Crippen LogP contribution in [0.2, 0.25) is 0 Å². The predicted molar refractivity (Wildman–Crippen MR) is 136 cm³/mol. The molecule has 3 aliphatic rings. The maximum atomic E-state index is 13.2. The second-order valence-corrected chi connectivity index (χ2v) is 10.3. The molecule has 0 spiro atoms. The highest BCUT2D eigenvalue weighted by molar-refractivity contribution is 6.01. The largest absolute Gasteiger partial charge is 0.433 e. The highest BCUT2D eigenvalue weighted by Crippen LogP contribution is 2.45. The summed E-state index contributed by atoms with van der Waals surface area (Å²) in [6, 6.07) is 8.75. The maximum absolute atomic E-state index is 13.2. The highest BCUT2D eigenvalue weighted by atomic mass is 19.4. The number of carbonyl (C=O) groups excluding carboxylic acids is 2. The fourth-order valence-electron chi connectivity index (χ4n) is 5.55. The Balaban J connectivity index is 1.20. The number of pyridine rings is 1. The van der Waals surface area contributed by atoms with Gasteiger partial charge in [0.15, 0.2) is 0 Å². The Morgan fingerprint density at radius 2 is 1.79 bits per heavy atom. The van der Waals surface area contributed by atoms with Crippen LogP contribution in [-0.4, -0.2) is 67.3 Å². The minimum Gasteiger partial charge on any atom is -0.379 e. The second kappa shape index (κ2) is 10.9. The fourth-order valence-corrected chi connectivity index (χ4v) is 5.55. The number of amides is 3. The van der Waals surface area contributed by atoms with E-state index in [2.05, 4.69) is 32.7 Å². The molecule has 8 nitrogen and oxygen atoms in total. The van der Waals surface area contributed by atoms with Crippen molar-refractivity contribution in [2.75, 3.05) is 49.6 Å². The Bertz CT molecular complexity index is 1130. The first-order valence-corrected chi connectivity index (χ1v) is 13.1. The Labute approximate surface area is 219 Å². The SMILES string of the molecule is O=C(Nc1ccc(C(F)(F)F)nc1)N[C@H]1CCCN(c2ccc(C3(CN4CCOCC4)CCC3)cc2)C1=O. The zero-order chi connectivity index (χ0) is 26.8. The topological polar surface area (TPSA) is 86.8 Å². The molecule has 3 heterocycles. The smallest absolute Gasteiger partial charge is 0.379 e. The van der Waals surface area contributed by atoms with Crippen molar-refractivity contribution in [3.8, 4) is 0 Å². The Morgan fingerprint density at radius 3 is 2.39 bits per heavy atom. The number of carbonyl (C=O) groups is 2. The molecule has 204 valence electrons. The zero-order valence-corrected chi connectivity index (χ0v) is 21.1. The number of alkyl halides is 3.